The quantitative estimate of drug-likeness (QED) is 0.706. The molecule has 2 aromatic rings. The molecule has 25 heavy (non-hydrogen) atoms. The Kier molecular flexibility index (Phi) is 7.35. The van der Waals surface area contributed by atoms with Gasteiger partial charge in [0, 0.05) is 13.1 Å². The van der Waals surface area contributed by atoms with Crippen LogP contribution < -0.4 is 24.8 Å². The molecule has 0 aliphatic rings. The molecule has 6 heteroatoms. The van der Waals surface area contributed by atoms with Crippen molar-refractivity contribution in [3.05, 3.63) is 53.6 Å². The van der Waals surface area contributed by atoms with Gasteiger partial charge in [-0.2, -0.15) is 0 Å². The largest absolute Gasteiger partial charge is 0.493 e. The number of nitrogens with one attached hydrogen (secondary N) is 2. The fourth-order valence-electron chi connectivity index (χ4n) is 2.45. The lowest BCUT2D eigenvalue weighted by Crippen LogP contribution is -2.35. The molecule has 0 fully saturated rings. The molecule has 0 aromatic heterocycles. The van der Waals surface area contributed by atoms with Crippen LogP contribution in [-0.2, 0) is 13.0 Å². The molecule has 2 aromatic carbocycles. The van der Waals surface area contributed by atoms with Crippen molar-refractivity contribution in [2.45, 2.75) is 13.0 Å². The number of hydrogen-bond acceptors (Lipinski definition) is 4. The van der Waals surface area contributed by atoms with E-state index < -0.39 is 0 Å². The van der Waals surface area contributed by atoms with Crippen LogP contribution in [-0.4, -0.2) is 33.0 Å². The first-order chi connectivity index (χ1) is 12.2. The van der Waals surface area contributed by atoms with Gasteiger partial charge in [-0.3, -0.25) is 0 Å². The maximum Gasteiger partial charge on any atom is 0.203 e. The SMILES string of the molecule is COc1cc(CNC(=S)NCCc2ccccc2)cc(OC)c1OC. The Morgan fingerprint density at radius 1 is 0.880 bits per heavy atom. The fourth-order valence-corrected chi connectivity index (χ4v) is 2.62. The molecule has 2 N–H and O–H groups in total. The maximum absolute atomic E-state index is 5.36. The lowest BCUT2D eigenvalue weighted by molar-refractivity contribution is 0.323. The van der Waals surface area contributed by atoms with Crippen molar-refractivity contribution >= 4 is 17.3 Å². The van der Waals surface area contributed by atoms with Gasteiger partial charge in [-0.15, -0.1) is 0 Å². The van der Waals surface area contributed by atoms with E-state index in [4.69, 9.17) is 26.4 Å². The summed E-state index contributed by atoms with van der Waals surface area (Å²) in [5.74, 6) is 1.83. The molecule has 0 atom stereocenters. The molecule has 0 spiro atoms. The number of thiocarbonyl (C=S) groups is 1. The van der Waals surface area contributed by atoms with Crippen molar-refractivity contribution in [2.24, 2.45) is 0 Å². The van der Waals surface area contributed by atoms with Gasteiger partial charge in [-0.25, -0.2) is 0 Å². The summed E-state index contributed by atoms with van der Waals surface area (Å²) in [6.07, 6.45) is 0.923. The van der Waals surface area contributed by atoms with Crippen LogP contribution in [0.4, 0.5) is 0 Å². The second-order valence-corrected chi connectivity index (χ2v) is 5.79. The fraction of sp³-hybridized carbons (Fsp3) is 0.316. The number of methoxy groups -OCH3 is 3. The van der Waals surface area contributed by atoms with Gasteiger partial charge in [0.1, 0.15) is 0 Å². The van der Waals surface area contributed by atoms with Crippen molar-refractivity contribution in [3.8, 4) is 17.2 Å². The van der Waals surface area contributed by atoms with Crippen LogP contribution in [0.2, 0.25) is 0 Å². The Labute approximate surface area is 154 Å². The average molecular weight is 360 g/mol. The molecule has 0 heterocycles. The van der Waals surface area contributed by atoms with Crippen molar-refractivity contribution in [3.63, 3.8) is 0 Å². The van der Waals surface area contributed by atoms with Crippen LogP contribution in [0.25, 0.3) is 0 Å². The Balaban J connectivity index is 1.86. The Hall–Kier alpha value is -2.47. The molecule has 0 radical (unpaired) electrons. The molecular formula is C19H24N2O3S. The Morgan fingerprint density at radius 3 is 2.08 bits per heavy atom. The minimum atomic E-state index is 0.563. The van der Waals surface area contributed by atoms with E-state index in [0.717, 1.165) is 18.5 Å². The molecule has 0 aliphatic carbocycles. The highest BCUT2D eigenvalue weighted by molar-refractivity contribution is 7.80. The van der Waals surface area contributed by atoms with Crippen LogP contribution in [0.15, 0.2) is 42.5 Å². The van der Waals surface area contributed by atoms with Crippen molar-refractivity contribution in [1.29, 1.82) is 0 Å². The summed E-state index contributed by atoms with van der Waals surface area (Å²) in [6.45, 7) is 1.35. The summed E-state index contributed by atoms with van der Waals surface area (Å²) >= 11 is 5.33. The highest BCUT2D eigenvalue weighted by atomic mass is 32.1. The standard InChI is InChI=1S/C19H24N2O3S/c1-22-16-11-15(12-17(23-2)18(16)24-3)13-21-19(25)20-10-9-14-7-5-4-6-8-14/h4-8,11-12H,9-10,13H2,1-3H3,(H2,20,21,25). The monoisotopic (exact) mass is 360 g/mol. The Bertz CT molecular complexity index is 667. The van der Waals surface area contributed by atoms with Gasteiger partial charge in [-0.05, 0) is 41.9 Å². The van der Waals surface area contributed by atoms with Gasteiger partial charge < -0.3 is 24.8 Å². The van der Waals surface area contributed by atoms with Gasteiger partial charge in [0.15, 0.2) is 16.6 Å². The van der Waals surface area contributed by atoms with Crippen LogP contribution in [0, 0.1) is 0 Å². The van der Waals surface area contributed by atoms with Crippen molar-refractivity contribution < 1.29 is 14.2 Å². The number of benzene rings is 2. The summed E-state index contributed by atoms with van der Waals surface area (Å²) in [5.41, 5.74) is 2.27. The smallest absolute Gasteiger partial charge is 0.203 e. The van der Waals surface area contributed by atoms with Gasteiger partial charge in [-0.1, -0.05) is 30.3 Å². The highest BCUT2D eigenvalue weighted by Gasteiger charge is 2.13. The molecule has 0 unspecified atom stereocenters. The zero-order chi connectivity index (χ0) is 18.1. The van der Waals surface area contributed by atoms with Gasteiger partial charge in [0.2, 0.25) is 5.75 Å². The molecule has 134 valence electrons. The third-order valence-electron chi connectivity index (χ3n) is 3.72. The molecule has 0 saturated carbocycles. The Morgan fingerprint density at radius 2 is 1.52 bits per heavy atom. The second kappa shape index (κ2) is 9.74. The van der Waals surface area contributed by atoms with E-state index in [9.17, 15) is 0 Å². The summed E-state index contributed by atoms with van der Waals surface area (Å²) in [4.78, 5) is 0. The molecule has 0 bridgehead atoms. The van der Waals surface area contributed by atoms with Crippen LogP contribution in [0.5, 0.6) is 17.2 Å². The molecule has 5 nitrogen and oxygen atoms in total. The van der Waals surface area contributed by atoms with Crippen molar-refractivity contribution in [1.82, 2.24) is 10.6 Å². The predicted molar refractivity (Wildman–Crippen MR) is 104 cm³/mol. The normalized spacial score (nSPS) is 10.0. The third kappa shape index (κ3) is 5.53. The van der Waals surface area contributed by atoms with Crippen LogP contribution in [0.1, 0.15) is 11.1 Å². The van der Waals surface area contributed by atoms with E-state index in [-0.39, 0.29) is 0 Å². The van der Waals surface area contributed by atoms with E-state index in [1.54, 1.807) is 21.3 Å². The first-order valence-corrected chi connectivity index (χ1v) is 8.43. The van der Waals surface area contributed by atoms with E-state index in [2.05, 4.69) is 22.8 Å². The maximum atomic E-state index is 5.36. The molecule has 2 rings (SSSR count). The van der Waals surface area contributed by atoms with Crippen molar-refractivity contribution in [2.75, 3.05) is 27.9 Å². The molecule has 0 amide bonds. The van der Waals surface area contributed by atoms with E-state index in [0.29, 0.717) is 28.9 Å². The zero-order valence-corrected chi connectivity index (χ0v) is 15.6. The van der Waals surface area contributed by atoms with E-state index in [1.807, 2.05) is 30.3 Å². The second-order valence-electron chi connectivity index (χ2n) is 5.38. The lowest BCUT2D eigenvalue weighted by atomic mass is 10.1. The van der Waals surface area contributed by atoms with E-state index >= 15 is 0 Å². The van der Waals surface area contributed by atoms with Crippen LogP contribution in [0.3, 0.4) is 0 Å². The molecule has 0 aliphatic heterocycles. The zero-order valence-electron chi connectivity index (χ0n) is 14.8. The van der Waals surface area contributed by atoms with Crippen LogP contribution >= 0.6 is 12.2 Å². The molecular weight excluding hydrogens is 336 g/mol. The topological polar surface area (TPSA) is 51.8 Å². The average Bonchev–Trinajstić information content (AvgIpc) is 2.66. The molecule has 0 saturated heterocycles. The minimum absolute atomic E-state index is 0.563. The summed E-state index contributed by atoms with van der Waals surface area (Å²) in [5, 5.41) is 7.02. The van der Waals surface area contributed by atoms with Gasteiger partial charge in [0.25, 0.3) is 0 Å². The number of hydrogen-bond donors (Lipinski definition) is 2. The lowest BCUT2D eigenvalue weighted by Gasteiger charge is -2.15. The number of rotatable bonds is 8. The first-order valence-electron chi connectivity index (χ1n) is 8.02. The first kappa shape index (κ1) is 18.9. The minimum Gasteiger partial charge on any atom is -0.493 e. The summed E-state index contributed by atoms with van der Waals surface area (Å²) in [6, 6.07) is 14.1. The summed E-state index contributed by atoms with van der Waals surface area (Å²) in [7, 11) is 4.79. The van der Waals surface area contributed by atoms with Gasteiger partial charge >= 0.3 is 0 Å². The number of ether oxygens (including phenoxy) is 3. The summed E-state index contributed by atoms with van der Waals surface area (Å²) < 4.78 is 16.0. The predicted octanol–water partition coefficient (Wildman–Crippen LogP) is 2.92. The van der Waals surface area contributed by atoms with E-state index in [1.165, 1.54) is 5.56 Å². The van der Waals surface area contributed by atoms with Gasteiger partial charge in [0.05, 0.1) is 21.3 Å². The third-order valence-corrected chi connectivity index (χ3v) is 4.01. The highest BCUT2D eigenvalue weighted by Crippen LogP contribution is 2.38.